The molecule has 0 aliphatic rings. The standard InChI is InChI=1S/C28H29NO4/c1-2-22-25(33-18-10-9-13-20-11-5-3-6-12-20)17-16-23(27(29)30)26(22)24(28(31)32)19-21-14-7-4-8-15-21/h3-8,11-12,14-17,19H,2,9-10,13,18H2,1H3,(H2,29,30)(H,31,32). The first kappa shape index (κ1) is 23.8. The molecule has 0 bridgehead atoms. The Kier molecular flexibility index (Phi) is 8.42. The van der Waals surface area contributed by atoms with Crippen LogP contribution in [-0.4, -0.2) is 23.6 Å². The van der Waals surface area contributed by atoms with Gasteiger partial charge in [-0.1, -0.05) is 67.6 Å². The predicted molar refractivity (Wildman–Crippen MR) is 131 cm³/mol. The van der Waals surface area contributed by atoms with Gasteiger partial charge in [0, 0.05) is 16.7 Å². The Bertz CT molecular complexity index is 1120. The van der Waals surface area contributed by atoms with Crippen LogP contribution in [0, 0.1) is 0 Å². The second kappa shape index (κ2) is 11.7. The molecule has 0 aliphatic carbocycles. The van der Waals surface area contributed by atoms with Gasteiger partial charge in [0.25, 0.3) is 0 Å². The number of nitrogens with two attached hydrogens (primary N) is 1. The van der Waals surface area contributed by atoms with Gasteiger partial charge in [-0.05, 0) is 55.0 Å². The number of rotatable bonds is 11. The maximum Gasteiger partial charge on any atom is 0.336 e. The van der Waals surface area contributed by atoms with E-state index in [0.29, 0.717) is 29.9 Å². The molecular weight excluding hydrogens is 414 g/mol. The summed E-state index contributed by atoms with van der Waals surface area (Å²) < 4.78 is 6.05. The van der Waals surface area contributed by atoms with Crippen LogP contribution in [0.25, 0.3) is 11.6 Å². The van der Waals surface area contributed by atoms with Crippen molar-refractivity contribution in [3.05, 3.63) is 101 Å². The number of aryl methyl sites for hydroxylation is 1. The minimum atomic E-state index is -1.13. The highest BCUT2D eigenvalue weighted by molar-refractivity contribution is 6.23. The van der Waals surface area contributed by atoms with Crippen molar-refractivity contribution in [1.82, 2.24) is 0 Å². The van der Waals surface area contributed by atoms with Crippen LogP contribution in [-0.2, 0) is 17.6 Å². The average molecular weight is 444 g/mol. The molecule has 170 valence electrons. The zero-order valence-corrected chi connectivity index (χ0v) is 18.8. The molecular formula is C28H29NO4. The molecule has 0 aliphatic heterocycles. The lowest BCUT2D eigenvalue weighted by molar-refractivity contribution is -0.130. The molecule has 3 aromatic carbocycles. The third-order valence-corrected chi connectivity index (χ3v) is 5.46. The van der Waals surface area contributed by atoms with Gasteiger partial charge in [-0.3, -0.25) is 4.79 Å². The van der Waals surface area contributed by atoms with Gasteiger partial charge in [0.15, 0.2) is 0 Å². The number of carboxylic acids is 1. The van der Waals surface area contributed by atoms with E-state index in [9.17, 15) is 14.7 Å². The molecule has 0 fully saturated rings. The van der Waals surface area contributed by atoms with E-state index in [1.165, 1.54) is 5.56 Å². The minimum absolute atomic E-state index is 0.0152. The second-order valence-corrected chi connectivity index (χ2v) is 7.75. The van der Waals surface area contributed by atoms with Crippen molar-refractivity contribution >= 4 is 23.5 Å². The van der Waals surface area contributed by atoms with Crippen LogP contribution in [0.4, 0.5) is 0 Å². The molecule has 0 unspecified atom stereocenters. The van der Waals surface area contributed by atoms with Crippen LogP contribution in [0.15, 0.2) is 72.8 Å². The summed E-state index contributed by atoms with van der Waals surface area (Å²) in [7, 11) is 0. The Balaban J connectivity index is 1.87. The number of carboxylic acid groups (broad SMARTS) is 1. The number of unbranched alkanes of at least 4 members (excludes halogenated alkanes) is 1. The van der Waals surface area contributed by atoms with Gasteiger partial charge in [0.1, 0.15) is 5.75 Å². The predicted octanol–water partition coefficient (Wildman–Crippen LogP) is 5.37. The number of amides is 1. The SMILES string of the molecule is CCc1c(OCCCCc2ccccc2)ccc(C(N)=O)c1C(=Cc1ccccc1)C(=O)O. The summed E-state index contributed by atoms with van der Waals surface area (Å²) in [4.78, 5) is 24.4. The highest BCUT2D eigenvalue weighted by atomic mass is 16.5. The highest BCUT2D eigenvalue weighted by Gasteiger charge is 2.23. The van der Waals surface area contributed by atoms with Gasteiger partial charge >= 0.3 is 5.97 Å². The summed E-state index contributed by atoms with van der Waals surface area (Å²) in [5, 5.41) is 10.00. The number of primary amides is 1. The zero-order chi connectivity index (χ0) is 23.6. The molecule has 1 amide bonds. The van der Waals surface area contributed by atoms with Crippen molar-refractivity contribution in [2.24, 2.45) is 5.73 Å². The summed E-state index contributed by atoms with van der Waals surface area (Å²) in [6, 6.07) is 22.7. The third kappa shape index (κ3) is 6.32. The molecule has 0 aromatic heterocycles. The fourth-order valence-electron chi connectivity index (χ4n) is 3.84. The fraction of sp³-hybridized carbons (Fsp3) is 0.214. The number of carbonyl (C=O) groups is 2. The highest BCUT2D eigenvalue weighted by Crippen LogP contribution is 2.33. The van der Waals surface area contributed by atoms with Crippen molar-refractivity contribution in [3.8, 4) is 5.75 Å². The van der Waals surface area contributed by atoms with Crippen LogP contribution in [0.1, 0.15) is 52.4 Å². The van der Waals surface area contributed by atoms with Crippen LogP contribution in [0.3, 0.4) is 0 Å². The summed E-state index contributed by atoms with van der Waals surface area (Å²) >= 11 is 0. The molecule has 0 saturated carbocycles. The van der Waals surface area contributed by atoms with Gasteiger partial charge in [-0.15, -0.1) is 0 Å². The van der Waals surface area contributed by atoms with E-state index < -0.39 is 11.9 Å². The molecule has 0 atom stereocenters. The lowest BCUT2D eigenvalue weighted by Gasteiger charge is -2.18. The van der Waals surface area contributed by atoms with Crippen molar-refractivity contribution < 1.29 is 19.4 Å². The molecule has 3 aromatic rings. The number of hydrogen-bond donors (Lipinski definition) is 2. The van der Waals surface area contributed by atoms with Crippen molar-refractivity contribution in [2.45, 2.75) is 32.6 Å². The van der Waals surface area contributed by atoms with E-state index in [0.717, 1.165) is 24.8 Å². The summed E-state index contributed by atoms with van der Waals surface area (Å²) in [6.07, 6.45) is 4.87. The lowest BCUT2D eigenvalue weighted by Crippen LogP contribution is -2.17. The van der Waals surface area contributed by atoms with E-state index in [2.05, 4.69) is 12.1 Å². The topological polar surface area (TPSA) is 89.6 Å². The first-order valence-electron chi connectivity index (χ1n) is 11.1. The fourth-order valence-corrected chi connectivity index (χ4v) is 3.84. The third-order valence-electron chi connectivity index (χ3n) is 5.46. The quantitative estimate of drug-likeness (QED) is 0.237. The normalized spacial score (nSPS) is 11.2. The molecule has 0 saturated heterocycles. The Morgan fingerprint density at radius 1 is 0.939 bits per heavy atom. The molecule has 5 nitrogen and oxygen atoms in total. The maximum absolute atomic E-state index is 12.2. The Hall–Kier alpha value is -3.86. The lowest BCUT2D eigenvalue weighted by atomic mass is 9.90. The van der Waals surface area contributed by atoms with Gasteiger partial charge in [0.2, 0.25) is 5.91 Å². The summed E-state index contributed by atoms with van der Waals surface area (Å²) in [6.45, 7) is 2.41. The van der Waals surface area contributed by atoms with Gasteiger partial charge in [0.05, 0.1) is 12.2 Å². The molecule has 33 heavy (non-hydrogen) atoms. The van der Waals surface area contributed by atoms with Crippen LogP contribution in [0.5, 0.6) is 5.75 Å². The molecule has 5 heteroatoms. The molecule has 3 rings (SSSR count). The summed E-state index contributed by atoms with van der Waals surface area (Å²) in [5.74, 6) is -1.22. The first-order chi connectivity index (χ1) is 16.0. The Morgan fingerprint density at radius 2 is 1.61 bits per heavy atom. The zero-order valence-electron chi connectivity index (χ0n) is 18.8. The van der Waals surface area contributed by atoms with E-state index in [1.54, 1.807) is 18.2 Å². The Morgan fingerprint density at radius 3 is 2.21 bits per heavy atom. The van der Waals surface area contributed by atoms with Crippen molar-refractivity contribution in [2.75, 3.05) is 6.61 Å². The minimum Gasteiger partial charge on any atom is -0.493 e. The summed E-state index contributed by atoms with van der Waals surface area (Å²) in [5.41, 5.74) is 8.80. The maximum atomic E-state index is 12.2. The number of benzene rings is 3. The van der Waals surface area contributed by atoms with Crippen LogP contribution < -0.4 is 10.5 Å². The number of ether oxygens (including phenoxy) is 1. The number of aliphatic carboxylic acids is 1. The van der Waals surface area contributed by atoms with Gasteiger partial charge < -0.3 is 15.6 Å². The molecule has 3 N–H and O–H groups in total. The van der Waals surface area contributed by atoms with Crippen molar-refractivity contribution in [3.63, 3.8) is 0 Å². The van der Waals surface area contributed by atoms with E-state index in [-0.39, 0.29) is 11.1 Å². The average Bonchev–Trinajstić information content (AvgIpc) is 2.83. The van der Waals surface area contributed by atoms with E-state index in [4.69, 9.17) is 10.5 Å². The van der Waals surface area contributed by atoms with Crippen molar-refractivity contribution in [1.29, 1.82) is 0 Å². The van der Waals surface area contributed by atoms with Gasteiger partial charge in [-0.25, -0.2) is 4.79 Å². The van der Waals surface area contributed by atoms with Crippen LogP contribution >= 0.6 is 0 Å². The molecule has 0 heterocycles. The Labute approximate surface area is 194 Å². The molecule has 0 spiro atoms. The van der Waals surface area contributed by atoms with E-state index in [1.807, 2.05) is 55.5 Å². The smallest absolute Gasteiger partial charge is 0.336 e. The second-order valence-electron chi connectivity index (χ2n) is 7.75. The monoisotopic (exact) mass is 443 g/mol. The number of carbonyl (C=O) groups excluding carboxylic acids is 1. The largest absolute Gasteiger partial charge is 0.493 e. The molecule has 0 radical (unpaired) electrons. The van der Waals surface area contributed by atoms with Gasteiger partial charge in [-0.2, -0.15) is 0 Å². The first-order valence-corrected chi connectivity index (χ1v) is 11.1. The number of hydrogen-bond acceptors (Lipinski definition) is 3. The van der Waals surface area contributed by atoms with E-state index >= 15 is 0 Å². The van der Waals surface area contributed by atoms with Crippen LogP contribution in [0.2, 0.25) is 0 Å².